The number of hydrogen-bond donors (Lipinski definition) is 2. The quantitative estimate of drug-likeness (QED) is 0.541. The summed E-state index contributed by atoms with van der Waals surface area (Å²) in [6.07, 6.45) is 6.74. The summed E-state index contributed by atoms with van der Waals surface area (Å²) in [6.45, 7) is 3.21. The molecular weight excluding hydrogens is 188 g/mol. The van der Waals surface area contributed by atoms with Crippen LogP contribution in [0, 0.1) is 0 Å². The highest BCUT2D eigenvalue weighted by Crippen LogP contribution is 2.34. The predicted molar refractivity (Wildman–Crippen MR) is 61.4 cm³/mol. The molecule has 2 aliphatic rings. The third-order valence-corrected chi connectivity index (χ3v) is 3.52. The molecule has 2 rings (SSSR count). The standard InChI is InChI=1S/C12H20N2O/c1-2-13-10-6-7-11-9(8-10)4-3-5-12(11)14-15/h10,13,15H,2-8H2,1H3/b14-12+. The monoisotopic (exact) mass is 208 g/mol. The summed E-state index contributed by atoms with van der Waals surface area (Å²) < 4.78 is 0. The molecule has 1 atom stereocenters. The molecule has 84 valence electrons. The van der Waals surface area contributed by atoms with Gasteiger partial charge < -0.3 is 10.5 Å². The van der Waals surface area contributed by atoms with Gasteiger partial charge in [0.25, 0.3) is 0 Å². The van der Waals surface area contributed by atoms with E-state index in [-0.39, 0.29) is 0 Å². The number of hydrogen-bond acceptors (Lipinski definition) is 3. The van der Waals surface area contributed by atoms with E-state index < -0.39 is 0 Å². The maximum atomic E-state index is 8.94. The van der Waals surface area contributed by atoms with E-state index in [1.165, 1.54) is 24.0 Å². The molecule has 0 aromatic rings. The normalized spacial score (nSPS) is 29.4. The summed E-state index contributed by atoms with van der Waals surface area (Å²) >= 11 is 0. The zero-order chi connectivity index (χ0) is 10.7. The van der Waals surface area contributed by atoms with E-state index in [9.17, 15) is 0 Å². The van der Waals surface area contributed by atoms with Gasteiger partial charge >= 0.3 is 0 Å². The van der Waals surface area contributed by atoms with Crippen LogP contribution in [0.1, 0.15) is 45.4 Å². The molecule has 0 bridgehead atoms. The number of nitrogens with one attached hydrogen (secondary N) is 1. The first-order valence-electron chi connectivity index (χ1n) is 6.00. The molecule has 0 saturated heterocycles. The maximum Gasteiger partial charge on any atom is 0.0827 e. The highest BCUT2D eigenvalue weighted by atomic mass is 16.4. The zero-order valence-corrected chi connectivity index (χ0v) is 9.42. The van der Waals surface area contributed by atoms with Gasteiger partial charge in [0.2, 0.25) is 0 Å². The van der Waals surface area contributed by atoms with Crippen molar-refractivity contribution in [3.05, 3.63) is 11.1 Å². The van der Waals surface area contributed by atoms with E-state index in [2.05, 4.69) is 17.4 Å². The Morgan fingerprint density at radius 3 is 3.00 bits per heavy atom. The van der Waals surface area contributed by atoms with Gasteiger partial charge in [-0.2, -0.15) is 0 Å². The SMILES string of the molecule is CCNC1CCC2=C(CCC/C2=N\O)C1. The number of oxime groups is 1. The number of allylic oxidation sites excluding steroid dienone is 1. The number of rotatable bonds is 2. The highest BCUT2D eigenvalue weighted by Gasteiger charge is 2.25. The fourth-order valence-electron chi connectivity index (χ4n) is 2.81. The topological polar surface area (TPSA) is 44.6 Å². The van der Waals surface area contributed by atoms with Crippen molar-refractivity contribution in [1.82, 2.24) is 5.32 Å². The minimum atomic E-state index is 0.645. The largest absolute Gasteiger partial charge is 0.411 e. The van der Waals surface area contributed by atoms with E-state index in [0.29, 0.717) is 6.04 Å². The maximum absolute atomic E-state index is 8.94. The van der Waals surface area contributed by atoms with E-state index >= 15 is 0 Å². The van der Waals surface area contributed by atoms with Crippen LogP contribution in [-0.4, -0.2) is 23.5 Å². The zero-order valence-electron chi connectivity index (χ0n) is 9.42. The Kier molecular flexibility index (Phi) is 3.41. The van der Waals surface area contributed by atoms with E-state index in [1.807, 2.05) is 0 Å². The molecule has 0 aromatic carbocycles. The fraction of sp³-hybridized carbons (Fsp3) is 0.750. The third kappa shape index (κ3) is 2.23. The van der Waals surface area contributed by atoms with Gasteiger partial charge in [0.05, 0.1) is 5.71 Å². The van der Waals surface area contributed by atoms with Crippen LogP contribution in [0.15, 0.2) is 16.3 Å². The van der Waals surface area contributed by atoms with Gasteiger partial charge in [-0.3, -0.25) is 0 Å². The van der Waals surface area contributed by atoms with Crippen molar-refractivity contribution >= 4 is 5.71 Å². The first-order valence-corrected chi connectivity index (χ1v) is 6.00. The summed E-state index contributed by atoms with van der Waals surface area (Å²) in [7, 11) is 0. The average Bonchev–Trinajstić information content (AvgIpc) is 2.28. The van der Waals surface area contributed by atoms with Gasteiger partial charge in [0.15, 0.2) is 0 Å². The van der Waals surface area contributed by atoms with Crippen molar-refractivity contribution < 1.29 is 5.21 Å². The van der Waals surface area contributed by atoms with E-state index in [1.54, 1.807) is 0 Å². The van der Waals surface area contributed by atoms with Crippen molar-refractivity contribution in [1.29, 1.82) is 0 Å². The van der Waals surface area contributed by atoms with Gasteiger partial charge in [-0.1, -0.05) is 17.7 Å². The van der Waals surface area contributed by atoms with Crippen molar-refractivity contribution in [2.45, 2.75) is 51.5 Å². The summed E-state index contributed by atoms with van der Waals surface area (Å²) in [5.74, 6) is 0. The van der Waals surface area contributed by atoms with Gasteiger partial charge in [-0.15, -0.1) is 0 Å². The Labute approximate surface area is 91.2 Å². The second-order valence-electron chi connectivity index (χ2n) is 4.48. The fourth-order valence-corrected chi connectivity index (χ4v) is 2.81. The summed E-state index contributed by atoms with van der Waals surface area (Å²) in [6, 6.07) is 0.645. The first kappa shape index (κ1) is 10.7. The molecule has 0 saturated carbocycles. The van der Waals surface area contributed by atoms with Gasteiger partial charge in [0, 0.05) is 6.04 Å². The molecule has 0 radical (unpaired) electrons. The summed E-state index contributed by atoms with van der Waals surface area (Å²) in [4.78, 5) is 0. The van der Waals surface area contributed by atoms with Crippen LogP contribution in [0.25, 0.3) is 0 Å². The van der Waals surface area contributed by atoms with Crippen LogP contribution in [-0.2, 0) is 0 Å². The first-order chi connectivity index (χ1) is 7.35. The molecule has 0 aromatic heterocycles. The lowest BCUT2D eigenvalue weighted by atomic mass is 9.79. The lowest BCUT2D eigenvalue weighted by Crippen LogP contribution is -2.33. The van der Waals surface area contributed by atoms with Gasteiger partial charge in [-0.05, 0) is 50.6 Å². The lowest BCUT2D eigenvalue weighted by Gasteiger charge is -2.31. The second kappa shape index (κ2) is 4.79. The van der Waals surface area contributed by atoms with Crippen LogP contribution in [0.5, 0.6) is 0 Å². The summed E-state index contributed by atoms with van der Waals surface area (Å²) in [5, 5.41) is 15.9. The number of nitrogens with zero attached hydrogens (tertiary/aromatic N) is 1. The molecule has 3 nitrogen and oxygen atoms in total. The van der Waals surface area contributed by atoms with Crippen LogP contribution < -0.4 is 5.32 Å². The van der Waals surface area contributed by atoms with Crippen molar-refractivity contribution in [3.63, 3.8) is 0 Å². The molecule has 0 amide bonds. The Bertz CT molecular complexity index is 294. The Balaban J connectivity index is 2.11. The molecule has 0 heterocycles. The molecule has 1 unspecified atom stereocenters. The molecular formula is C12H20N2O. The molecule has 15 heavy (non-hydrogen) atoms. The summed E-state index contributed by atoms with van der Waals surface area (Å²) in [5.41, 5.74) is 3.84. The molecule has 2 N–H and O–H groups in total. The molecule has 2 aliphatic carbocycles. The van der Waals surface area contributed by atoms with Crippen LogP contribution in [0.3, 0.4) is 0 Å². The minimum absolute atomic E-state index is 0.645. The van der Waals surface area contributed by atoms with Crippen molar-refractivity contribution in [2.75, 3.05) is 6.54 Å². The van der Waals surface area contributed by atoms with Gasteiger partial charge in [0.1, 0.15) is 0 Å². The van der Waals surface area contributed by atoms with Crippen molar-refractivity contribution in [3.8, 4) is 0 Å². The van der Waals surface area contributed by atoms with Crippen LogP contribution in [0.4, 0.5) is 0 Å². The minimum Gasteiger partial charge on any atom is -0.411 e. The molecule has 3 heteroatoms. The highest BCUT2D eigenvalue weighted by molar-refractivity contribution is 6.01. The Morgan fingerprint density at radius 1 is 1.40 bits per heavy atom. The van der Waals surface area contributed by atoms with E-state index in [4.69, 9.17) is 5.21 Å². The molecule has 0 spiro atoms. The van der Waals surface area contributed by atoms with E-state index in [0.717, 1.165) is 37.9 Å². The predicted octanol–water partition coefficient (Wildman–Crippen LogP) is 2.46. The molecule has 0 aliphatic heterocycles. The van der Waals surface area contributed by atoms with Gasteiger partial charge in [-0.25, -0.2) is 0 Å². The van der Waals surface area contributed by atoms with Crippen LogP contribution >= 0.6 is 0 Å². The average molecular weight is 208 g/mol. The third-order valence-electron chi connectivity index (χ3n) is 3.52. The Morgan fingerprint density at radius 2 is 2.27 bits per heavy atom. The molecule has 0 fully saturated rings. The lowest BCUT2D eigenvalue weighted by molar-refractivity contribution is 0.316. The second-order valence-corrected chi connectivity index (χ2v) is 4.48. The smallest absolute Gasteiger partial charge is 0.0827 e. The Hall–Kier alpha value is -0.830. The van der Waals surface area contributed by atoms with Crippen molar-refractivity contribution in [2.24, 2.45) is 5.16 Å². The van der Waals surface area contributed by atoms with Crippen LogP contribution in [0.2, 0.25) is 0 Å².